The molecule has 1 aliphatic rings. The van der Waals surface area contributed by atoms with Gasteiger partial charge in [0.1, 0.15) is 6.10 Å². The summed E-state index contributed by atoms with van der Waals surface area (Å²) in [7, 11) is 0. The molecule has 0 spiro atoms. The molecule has 0 amide bonds. The molecule has 0 aromatic heterocycles. The van der Waals surface area contributed by atoms with E-state index in [1.807, 2.05) is 5.92 Å². The van der Waals surface area contributed by atoms with E-state index >= 15 is 0 Å². The number of ether oxygens (including phenoxy) is 1. The van der Waals surface area contributed by atoms with Crippen molar-refractivity contribution in [2.45, 2.75) is 57.7 Å². The van der Waals surface area contributed by atoms with Crippen molar-refractivity contribution >= 4 is 0 Å². The Bertz CT molecular complexity index is 237. The lowest BCUT2D eigenvalue weighted by molar-refractivity contribution is -0.123. The lowest BCUT2D eigenvalue weighted by Crippen LogP contribution is -2.37. The number of alkyl halides is 2. The van der Waals surface area contributed by atoms with Gasteiger partial charge in [0, 0.05) is 6.42 Å². The van der Waals surface area contributed by atoms with Crippen LogP contribution in [0.1, 0.15) is 39.5 Å². The molecule has 0 radical (unpaired) electrons. The first-order chi connectivity index (χ1) is 6.52. The Hall–Kier alpha value is -0.620. The SMILES string of the molecule is CC(C)OC1CCCCC#CC1(F)F. The molecule has 0 aromatic carbocycles. The average molecular weight is 202 g/mol. The van der Waals surface area contributed by atoms with Crippen LogP contribution < -0.4 is 0 Å². The van der Waals surface area contributed by atoms with Crippen molar-refractivity contribution < 1.29 is 13.5 Å². The van der Waals surface area contributed by atoms with Crippen LogP contribution in [0.4, 0.5) is 8.78 Å². The first kappa shape index (κ1) is 11.5. The summed E-state index contributed by atoms with van der Waals surface area (Å²) in [5, 5.41) is 0. The number of rotatable bonds is 2. The molecule has 0 aliphatic heterocycles. The number of halogens is 2. The Kier molecular flexibility index (Phi) is 3.88. The summed E-state index contributed by atoms with van der Waals surface area (Å²) in [6, 6.07) is 0. The van der Waals surface area contributed by atoms with Gasteiger partial charge in [0.15, 0.2) is 0 Å². The topological polar surface area (TPSA) is 9.23 Å². The quantitative estimate of drug-likeness (QED) is 0.625. The van der Waals surface area contributed by atoms with E-state index in [1.54, 1.807) is 13.8 Å². The summed E-state index contributed by atoms with van der Waals surface area (Å²) >= 11 is 0. The summed E-state index contributed by atoms with van der Waals surface area (Å²) in [6.07, 6.45) is 1.43. The van der Waals surface area contributed by atoms with Crippen LogP contribution in [0.25, 0.3) is 0 Å². The van der Waals surface area contributed by atoms with E-state index < -0.39 is 12.0 Å². The van der Waals surface area contributed by atoms with Crippen molar-refractivity contribution in [1.82, 2.24) is 0 Å². The second-order valence-electron chi connectivity index (χ2n) is 3.84. The highest BCUT2D eigenvalue weighted by molar-refractivity contribution is 5.13. The maximum atomic E-state index is 13.4. The molecule has 0 saturated carbocycles. The van der Waals surface area contributed by atoms with Gasteiger partial charge in [0.2, 0.25) is 0 Å². The van der Waals surface area contributed by atoms with E-state index in [4.69, 9.17) is 4.74 Å². The molecule has 0 N–H and O–H groups in total. The van der Waals surface area contributed by atoms with E-state index in [1.165, 1.54) is 0 Å². The molecule has 1 aliphatic carbocycles. The maximum Gasteiger partial charge on any atom is 0.333 e. The first-order valence-corrected chi connectivity index (χ1v) is 5.05. The van der Waals surface area contributed by atoms with Crippen LogP contribution in [0.5, 0.6) is 0 Å². The molecule has 1 nitrogen and oxygen atoms in total. The van der Waals surface area contributed by atoms with Crippen LogP contribution in [0.2, 0.25) is 0 Å². The van der Waals surface area contributed by atoms with Crippen molar-refractivity contribution in [3.8, 4) is 11.8 Å². The fraction of sp³-hybridized carbons (Fsp3) is 0.818. The van der Waals surface area contributed by atoms with Gasteiger partial charge in [-0.1, -0.05) is 5.92 Å². The van der Waals surface area contributed by atoms with Gasteiger partial charge in [-0.2, -0.15) is 8.78 Å². The zero-order valence-corrected chi connectivity index (χ0v) is 8.65. The molecule has 1 rings (SSSR count). The molecule has 3 heteroatoms. The van der Waals surface area contributed by atoms with Gasteiger partial charge >= 0.3 is 5.92 Å². The fourth-order valence-electron chi connectivity index (χ4n) is 1.47. The minimum Gasteiger partial charge on any atom is -0.368 e. The molecule has 0 saturated heterocycles. The van der Waals surface area contributed by atoms with Gasteiger partial charge in [-0.15, -0.1) is 0 Å². The Morgan fingerprint density at radius 3 is 2.71 bits per heavy atom. The average Bonchev–Trinajstić information content (AvgIpc) is 2.05. The molecule has 0 bridgehead atoms. The van der Waals surface area contributed by atoms with Crippen LogP contribution >= 0.6 is 0 Å². The van der Waals surface area contributed by atoms with Gasteiger partial charge in [-0.25, -0.2) is 0 Å². The van der Waals surface area contributed by atoms with Crippen LogP contribution in [-0.2, 0) is 4.74 Å². The van der Waals surface area contributed by atoms with Crippen molar-refractivity contribution in [2.24, 2.45) is 0 Å². The standard InChI is InChI=1S/C11H16F2O/c1-9(2)14-10-7-5-3-4-6-8-11(10,12)13/h9-10H,3-5,7H2,1-2H3. The highest BCUT2D eigenvalue weighted by atomic mass is 19.3. The molecule has 0 aromatic rings. The second-order valence-corrected chi connectivity index (χ2v) is 3.84. The van der Waals surface area contributed by atoms with Crippen molar-refractivity contribution in [1.29, 1.82) is 0 Å². The predicted molar refractivity (Wildman–Crippen MR) is 51.2 cm³/mol. The predicted octanol–water partition coefficient (Wildman–Crippen LogP) is 2.99. The molecule has 80 valence electrons. The molecule has 0 fully saturated rings. The van der Waals surface area contributed by atoms with E-state index in [2.05, 4.69) is 5.92 Å². The summed E-state index contributed by atoms with van der Waals surface area (Å²) in [4.78, 5) is 0. The van der Waals surface area contributed by atoms with Crippen molar-refractivity contribution in [2.75, 3.05) is 0 Å². The van der Waals surface area contributed by atoms with Gasteiger partial charge < -0.3 is 4.74 Å². The lowest BCUT2D eigenvalue weighted by atomic mass is 10.0. The van der Waals surface area contributed by atoms with Gasteiger partial charge in [-0.3, -0.25) is 0 Å². The lowest BCUT2D eigenvalue weighted by Gasteiger charge is -2.25. The van der Waals surface area contributed by atoms with Gasteiger partial charge in [0.05, 0.1) is 6.10 Å². The molecule has 1 unspecified atom stereocenters. The minimum atomic E-state index is -2.98. The first-order valence-electron chi connectivity index (χ1n) is 5.05. The highest BCUT2D eigenvalue weighted by Crippen LogP contribution is 2.27. The Morgan fingerprint density at radius 1 is 1.36 bits per heavy atom. The summed E-state index contributed by atoms with van der Waals surface area (Å²) in [5.74, 6) is 1.53. The third kappa shape index (κ3) is 3.26. The van der Waals surface area contributed by atoms with E-state index in [0.29, 0.717) is 12.8 Å². The smallest absolute Gasteiger partial charge is 0.333 e. The zero-order valence-electron chi connectivity index (χ0n) is 8.65. The summed E-state index contributed by atoms with van der Waals surface area (Å²) in [5.41, 5.74) is 0. The van der Waals surface area contributed by atoms with Crippen LogP contribution in [0, 0.1) is 11.8 Å². The Balaban J connectivity index is 2.70. The monoisotopic (exact) mass is 202 g/mol. The normalized spacial score (nSPS) is 26.2. The Labute approximate surface area is 83.8 Å². The fourth-order valence-corrected chi connectivity index (χ4v) is 1.47. The summed E-state index contributed by atoms with van der Waals surface area (Å²) < 4.78 is 31.9. The maximum absolute atomic E-state index is 13.4. The van der Waals surface area contributed by atoms with E-state index in [0.717, 1.165) is 12.8 Å². The third-order valence-corrected chi connectivity index (χ3v) is 2.11. The molecular weight excluding hydrogens is 186 g/mol. The Morgan fingerprint density at radius 2 is 2.07 bits per heavy atom. The molecular formula is C11H16F2O. The van der Waals surface area contributed by atoms with Crippen LogP contribution in [0.3, 0.4) is 0 Å². The third-order valence-electron chi connectivity index (χ3n) is 2.11. The van der Waals surface area contributed by atoms with Crippen LogP contribution in [-0.4, -0.2) is 18.1 Å². The number of hydrogen-bond acceptors (Lipinski definition) is 1. The van der Waals surface area contributed by atoms with Gasteiger partial charge in [-0.05, 0) is 39.0 Å². The van der Waals surface area contributed by atoms with Gasteiger partial charge in [0.25, 0.3) is 0 Å². The summed E-state index contributed by atoms with van der Waals surface area (Å²) in [6.45, 7) is 3.53. The minimum absolute atomic E-state index is 0.174. The molecule has 14 heavy (non-hydrogen) atoms. The largest absolute Gasteiger partial charge is 0.368 e. The second kappa shape index (κ2) is 4.75. The van der Waals surface area contributed by atoms with Crippen LogP contribution in [0.15, 0.2) is 0 Å². The molecule has 0 heterocycles. The van der Waals surface area contributed by atoms with Crippen molar-refractivity contribution in [3.63, 3.8) is 0 Å². The molecule has 1 atom stereocenters. The zero-order chi connectivity index (χ0) is 10.6. The van der Waals surface area contributed by atoms with E-state index in [9.17, 15) is 8.78 Å². The number of hydrogen-bond donors (Lipinski definition) is 0. The van der Waals surface area contributed by atoms with Crippen molar-refractivity contribution in [3.05, 3.63) is 0 Å². The van der Waals surface area contributed by atoms with E-state index in [-0.39, 0.29) is 6.10 Å². The highest BCUT2D eigenvalue weighted by Gasteiger charge is 2.39.